The summed E-state index contributed by atoms with van der Waals surface area (Å²) in [5.41, 5.74) is 1.26. The van der Waals surface area contributed by atoms with Crippen molar-refractivity contribution in [1.82, 2.24) is 14.8 Å². The molecule has 0 aliphatic heterocycles. The second-order valence-corrected chi connectivity index (χ2v) is 5.21. The van der Waals surface area contributed by atoms with Crippen LogP contribution in [0.15, 0.2) is 35.5 Å². The molecule has 0 aliphatic rings. The monoisotopic (exact) mass is 277 g/mol. The van der Waals surface area contributed by atoms with Crippen LogP contribution in [0.1, 0.15) is 18.3 Å². The first-order chi connectivity index (χ1) is 9.35. The number of hydrogen-bond acceptors (Lipinski definition) is 4. The van der Waals surface area contributed by atoms with Crippen molar-refractivity contribution in [2.24, 2.45) is 0 Å². The fourth-order valence-corrected chi connectivity index (χ4v) is 2.79. The lowest BCUT2D eigenvalue weighted by molar-refractivity contribution is 0.218. The summed E-state index contributed by atoms with van der Waals surface area (Å²) in [6, 6.07) is 10.4. The minimum Gasteiger partial charge on any atom is -0.384 e. The van der Waals surface area contributed by atoms with Crippen LogP contribution >= 0.6 is 11.8 Å². The topological polar surface area (TPSA) is 39.9 Å². The van der Waals surface area contributed by atoms with Crippen LogP contribution in [-0.2, 0) is 17.7 Å². The van der Waals surface area contributed by atoms with Crippen molar-refractivity contribution in [1.29, 1.82) is 0 Å². The van der Waals surface area contributed by atoms with Gasteiger partial charge in [0.2, 0.25) is 0 Å². The SMILES string of the molecule is CCn1c(Cc2ccccc2)nnc1SCCOC. The van der Waals surface area contributed by atoms with Crippen LogP contribution in [0.4, 0.5) is 0 Å². The van der Waals surface area contributed by atoms with Crippen molar-refractivity contribution in [3.05, 3.63) is 41.7 Å². The Hall–Kier alpha value is -1.33. The molecule has 0 amide bonds. The number of thioether (sulfide) groups is 1. The van der Waals surface area contributed by atoms with Gasteiger partial charge in [0.25, 0.3) is 0 Å². The lowest BCUT2D eigenvalue weighted by Crippen LogP contribution is -2.04. The van der Waals surface area contributed by atoms with Gasteiger partial charge in [-0.2, -0.15) is 0 Å². The van der Waals surface area contributed by atoms with E-state index in [-0.39, 0.29) is 0 Å². The highest BCUT2D eigenvalue weighted by atomic mass is 32.2. The minimum atomic E-state index is 0.731. The molecule has 0 bridgehead atoms. The normalized spacial score (nSPS) is 10.8. The van der Waals surface area contributed by atoms with Crippen LogP contribution in [0.2, 0.25) is 0 Å². The van der Waals surface area contributed by atoms with Crippen molar-refractivity contribution < 1.29 is 4.74 Å². The van der Waals surface area contributed by atoms with Gasteiger partial charge in [-0.1, -0.05) is 42.1 Å². The lowest BCUT2D eigenvalue weighted by atomic mass is 10.1. The average Bonchev–Trinajstić information content (AvgIpc) is 2.82. The van der Waals surface area contributed by atoms with Crippen molar-refractivity contribution in [2.45, 2.75) is 25.0 Å². The molecule has 19 heavy (non-hydrogen) atoms. The summed E-state index contributed by atoms with van der Waals surface area (Å²) in [7, 11) is 1.71. The molecule has 0 unspecified atom stereocenters. The van der Waals surface area contributed by atoms with Gasteiger partial charge in [-0.3, -0.25) is 0 Å². The van der Waals surface area contributed by atoms with E-state index in [1.165, 1.54) is 5.56 Å². The van der Waals surface area contributed by atoms with Crippen molar-refractivity contribution in [3.63, 3.8) is 0 Å². The molecule has 0 saturated carbocycles. The maximum atomic E-state index is 5.06. The van der Waals surface area contributed by atoms with Crippen molar-refractivity contribution in [3.8, 4) is 0 Å². The summed E-state index contributed by atoms with van der Waals surface area (Å²) in [4.78, 5) is 0. The second kappa shape index (κ2) is 7.31. The molecule has 102 valence electrons. The van der Waals surface area contributed by atoms with Crippen molar-refractivity contribution >= 4 is 11.8 Å². The fourth-order valence-electron chi connectivity index (χ4n) is 1.87. The smallest absolute Gasteiger partial charge is 0.191 e. The predicted octanol–water partition coefficient (Wildman–Crippen LogP) is 2.63. The molecular weight excluding hydrogens is 258 g/mol. The molecule has 1 aromatic carbocycles. The number of benzene rings is 1. The van der Waals surface area contributed by atoms with E-state index in [0.29, 0.717) is 0 Å². The van der Waals surface area contributed by atoms with Crippen LogP contribution < -0.4 is 0 Å². The van der Waals surface area contributed by atoms with Crippen LogP contribution in [-0.4, -0.2) is 34.2 Å². The van der Waals surface area contributed by atoms with E-state index < -0.39 is 0 Å². The van der Waals surface area contributed by atoms with Crippen LogP contribution in [0.5, 0.6) is 0 Å². The molecule has 2 rings (SSSR count). The van der Waals surface area contributed by atoms with E-state index in [1.54, 1.807) is 18.9 Å². The molecule has 0 N–H and O–H groups in total. The van der Waals surface area contributed by atoms with Gasteiger partial charge >= 0.3 is 0 Å². The summed E-state index contributed by atoms with van der Waals surface area (Å²) in [6.07, 6.45) is 0.826. The number of hydrogen-bond donors (Lipinski definition) is 0. The quantitative estimate of drug-likeness (QED) is 0.576. The summed E-state index contributed by atoms with van der Waals surface area (Å²) < 4.78 is 7.24. The van der Waals surface area contributed by atoms with E-state index in [1.807, 2.05) is 6.07 Å². The van der Waals surface area contributed by atoms with Gasteiger partial charge in [-0.05, 0) is 12.5 Å². The molecule has 0 aliphatic carbocycles. The molecule has 0 atom stereocenters. The van der Waals surface area contributed by atoms with E-state index >= 15 is 0 Å². The second-order valence-electron chi connectivity index (χ2n) is 4.15. The number of ether oxygens (including phenoxy) is 1. The molecule has 0 radical (unpaired) electrons. The maximum absolute atomic E-state index is 5.06. The van der Waals surface area contributed by atoms with Gasteiger partial charge in [-0.15, -0.1) is 10.2 Å². The Kier molecular flexibility index (Phi) is 5.42. The van der Waals surface area contributed by atoms with Crippen LogP contribution in [0, 0.1) is 0 Å². The first-order valence-corrected chi connectivity index (χ1v) is 7.41. The van der Waals surface area contributed by atoms with Crippen LogP contribution in [0.3, 0.4) is 0 Å². The van der Waals surface area contributed by atoms with Crippen LogP contribution in [0.25, 0.3) is 0 Å². The summed E-state index contributed by atoms with van der Waals surface area (Å²) in [6.45, 7) is 3.75. The van der Waals surface area contributed by atoms with Gasteiger partial charge in [0.05, 0.1) is 6.61 Å². The highest BCUT2D eigenvalue weighted by Crippen LogP contribution is 2.18. The van der Waals surface area contributed by atoms with Gasteiger partial charge in [0, 0.05) is 25.8 Å². The number of methoxy groups -OCH3 is 1. The molecule has 1 aromatic heterocycles. The molecule has 0 spiro atoms. The summed E-state index contributed by atoms with van der Waals surface area (Å²) >= 11 is 1.69. The van der Waals surface area contributed by atoms with E-state index in [0.717, 1.165) is 36.3 Å². The maximum Gasteiger partial charge on any atom is 0.191 e. The Morgan fingerprint density at radius 3 is 2.68 bits per heavy atom. The number of rotatable bonds is 7. The molecule has 0 fully saturated rings. The third-order valence-corrected chi connectivity index (χ3v) is 3.76. The first-order valence-electron chi connectivity index (χ1n) is 6.43. The van der Waals surface area contributed by atoms with Gasteiger partial charge < -0.3 is 9.30 Å². The van der Waals surface area contributed by atoms with E-state index in [2.05, 4.69) is 46.0 Å². The Bertz CT molecular complexity index is 499. The van der Waals surface area contributed by atoms with Gasteiger partial charge in [-0.25, -0.2) is 0 Å². The fraction of sp³-hybridized carbons (Fsp3) is 0.429. The Balaban J connectivity index is 2.08. The largest absolute Gasteiger partial charge is 0.384 e. The molecule has 5 heteroatoms. The molecule has 0 saturated heterocycles. The minimum absolute atomic E-state index is 0.731. The standard InChI is InChI=1S/C14H19N3OS/c1-3-17-13(11-12-7-5-4-6-8-12)15-16-14(17)19-10-9-18-2/h4-8H,3,9-11H2,1-2H3. The highest BCUT2D eigenvalue weighted by Gasteiger charge is 2.11. The van der Waals surface area contributed by atoms with Gasteiger partial charge in [0.15, 0.2) is 5.16 Å². The first kappa shape index (κ1) is 14.1. The average molecular weight is 277 g/mol. The van der Waals surface area contributed by atoms with E-state index in [9.17, 15) is 0 Å². The lowest BCUT2D eigenvalue weighted by Gasteiger charge is -2.07. The Morgan fingerprint density at radius 2 is 2.00 bits per heavy atom. The summed E-state index contributed by atoms with van der Waals surface area (Å²) in [5.74, 6) is 1.92. The van der Waals surface area contributed by atoms with E-state index in [4.69, 9.17) is 4.74 Å². The summed E-state index contributed by atoms with van der Waals surface area (Å²) in [5, 5.41) is 9.56. The Labute approximate surface area is 118 Å². The Morgan fingerprint density at radius 1 is 1.21 bits per heavy atom. The third kappa shape index (κ3) is 3.81. The third-order valence-electron chi connectivity index (χ3n) is 2.83. The number of aromatic nitrogens is 3. The molecule has 1 heterocycles. The molecular formula is C14H19N3OS. The molecule has 4 nitrogen and oxygen atoms in total. The zero-order valence-corrected chi connectivity index (χ0v) is 12.2. The predicted molar refractivity (Wildman–Crippen MR) is 77.5 cm³/mol. The zero-order valence-electron chi connectivity index (χ0n) is 11.4. The highest BCUT2D eigenvalue weighted by molar-refractivity contribution is 7.99. The zero-order chi connectivity index (χ0) is 13.5. The van der Waals surface area contributed by atoms with Crippen molar-refractivity contribution in [2.75, 3.05) is 19.5 Å². The molecule has 2 aromatic rings. The number of nitrogens with zero attached hydrogens (tertiary/aromatic N) is 3. The van der Waals surface area contributed by atoms with Gasteiger partial charge in [0.1, 0.15) is 5.82 Å².